The molecule has 1 N–H and O–H groups in total. The molecule has 0 unspecified atom stereocenters. The zero-order chi connectivity index (χ0) is 11.3. The number of thioether (sulfide) groups is 1. The Kier molecular flexibility index (Phi) is 4.30. The maximum atomic E-state index is 11.9. The van der Waals surface area contributed by atoms with Crippen molar-refractivity contribution in [2.45, 2.75) is 10.7 Å². The second-order valence-electron chi connectivity index (χ2n) is 2.62. The maximum Gasteiger partial charge on any atom is 0.328 e. The van der Waals surface area contributed by atoms with Gasteiger partial charge in [0.25, 0.3) is 5.76 Å². The van der Waals surface area contributed by atoms with Gasteiger partial charge in [0.05, 0.1) is 0 Å². The summed E-state index contributed by atoms with van der Waals surface area (Å²) in [7, 11) is 0. The third-order valence-electron chi connectivity index (χ3n) is 1.52. The highest BCUT2D eigenvalue weighted by Gasteiger charge is 2.03. The first-order valence-corrected chi connectivity index (χ1v) is 4.92. The number of aliphatic carboxylic acids is 1. The summed E-state index contributed by atoms with van der Waals surface area (Å²) in [6, 6.07) is 6.23. The van der Waals surface area contributed by atoms with Gasteiger partial charge in [-0.25, -0.2) is 4.79 Å². The topological polar surface area (TPSA) is 37.3 Å². The van der Waals surface area contributed by atoms with Crippen LogP contribution in [0.2, 0.25) is 0 Å². The standard InChI is InChI=1S/C10H8F2O2S/c11-10(12)15-8-4-1-7(2-5-8)3-6-9(13)14/h1-6,10H,(H,13,14)/b6-3+. The van der Waals surface area contributed by atoms with Gasteiger partial charge in [-0.15, -0.1) is 0 Å². The summed E-state index contributed by atoms with van der Waals surface area (Å²) in [6.07, 6.45) is 2.40. The molecule has 1 rings (SSSR count). The van der Waals surface area contributed by atoms with E-state index in [1.165, 1.54) is 18.2 Å². The average Bonchev–Trinajstić information content (AvgIpc) is 2.16. The molecular weight excluding hydrogens is 222 g/mol. The largest absolute Gasteiger partial charge is 0.478 e. The summed E-state index contributed by atoms with van der Waals surface area (Å²) < 4.78 is 23.9. The van der Waals surface area contributed by atoms with Crippen LogP contribution in [0.4, 0.5) is 8.78 Å². The van der Waals surface area contributed by atoms with Crippen molar-refractivity contribution in [3.63, 3.8) is 0 Å². The van der Waals surface area contributed by atoms with Gasteiger partial charge >= 0.3 is 5.97 Å². The lowest BCUT2D eigenvalue weighted by atomic mass is 10.2. The van der Waals surface area contributed by atoms with E-state index in [4.69, 9.17) is 5.11 Å². The molecule has 15 heavy (non-hydrogen) atoms. The number of benzene rings is 1. The third-order valence-corrected chi connectivity index (χ3v) is 2.25. The number of carbonyl (C=O) groups is 1. The van der Waals surface area contributed by atoms with Gasteiger partial charge in [0, 0.05) is 11.0 Å². The number of halogens is 2. The Labute approximate surface area is 89.6 Å². The van der Waals surface area contributed by atoms with E-state index in [2.05, 4.69) is 0 Å². The molecule has 0 radical (unpaired) electrons. The summed E-state index contributed by atoms with van der Waals surface area (Å²) in [6.45, 7) is 0. The van der Waals surface area contributed by atoms with Crippen LogP contribution in [0.3, 0.4) is 0 Å². The minimum absolute atomic E-state index is 0.456. The Morgan fingerprint density at radius 2 is 1.93 bits per heavy atom. The SMILES string of the molecule is O=C(O)/C=C/c1ccc(SC(F)F)cc1. The van der Waals surface area contributed by atoms with Crippen LogP contribution in [0.25, 0.3) is 6.08 Å². The van der Waals surface area contributed by atoms with Gasteiger partial charge in [0.15, 0.2) is 0 Å². The number of hydrogen-bond acceptors (Lipinski definition) is 2. The lowest BCUT2D eigenvalue weighted by molar-refractivity contribution is -0.131. The molecular formula is C10H8F2O2S. The first-order valence-electron chi connectivity index (χ1n) is 4.04. The van der Waals surface area contributed by atoms with E-state index in [1.807, 2.05) is 0 Å². The van der Waals surface area contributed by atoms with E-state index < -0.39 is 11.7 Å². The molecule has 0 heterocycles. The lowest BCUT2D eigenvalue weighted by Gasteiger charge is -1.99. The van der Waals surface area contributed by atoms with Crippen molar-refractivity contribution in [1.29, 1.82) is 0 Å². The van der Waals surface area contributed by atoms with Crippen molar-refractivity contribution in [1.82, 2.24) is 0 Å². The number of alkyl halides is 2. The third kappa shape index (κ3) is 4.60. The van der Waals surface area contributed by atoms with Crippen molar-refractivity contribution in [3.8, 4) is 0 Å². The first-order chi connectivity index (χ1) is 7.08. The summed E-state index contributed by atoms with van der Waals surface area (Å²) in [4.78, 5) is 10.7. The molecule has 1 aromatic carbocycles. The molecule has 0 saturated heterocycles. The van der Waals surface area contributed by atoms with Crippen LogP contribution in [-0.2, 0) is 4.79 Å². The Morgan fingerprint density at radius 3 is 2.40 bits per heavy atom. The maximum absolute atomic E-state index is 11.9. The van der Waals surface area contributed by atoms with Crippen LogP contribution in [-0.4, -0.2) is 16.8 Å². The van der Waals surface area contributed by atoms with E-state index in [9.17, 15) is 13.6 Å². The minimum Gasteiger partial charge on any atom is -0.478 e. The Morgan fingerprint density at radius 1 is 1.33 bits per heavy atom. The minimum atomic E-state index is -2.44. The van der Waals surface area contributed by atoms with Crippen LogP contribution in [0.5, 0.6) is 0 Å². The zero-order valence-corrected chi connectivity index (χ0v) is 8.38. The summed E-state index contributed by atoms with van der Waals surface area (Å²) >= 11 is 0.458. The van der Waals surface area contributed by atoms with E-state index in [1.54, 1.807) is 12.1 Å². The highest BCUT2D eigenvalue weighted by molar-refractivity contribution is 7.99. The van der Waals surface area contributed by atoms with Crippen LogP contribution in [0, 0.1) is 0 Å². The fourth-order valence-corrected chi connectivity index (χ4v) is 1.43. The monoisotopic (exact) mass is 230 g/mol. The quantitative estimate of drug-likeness (QED) is 0.638. The van der Waals surface area contributed by atoms with Gasteiger partial charge < -0.3 is 5.11 Å². The molecule has 0 aliphatic heterocycles. The molecule has 0 aliphatic rings. The van der Waals surface area contributed by atoms with E-state index in [0.717, 1.165) is 6.08 Å². The number of carboxylic acid groups (broad SMARTS) is 1. The number of rotatable bonds is 4. The molecule has 0 atom stereocenters. The van der Waals surface area contributed by atoms with Gasteiger partial charge in [-0.2, -0.15) is 8.78 Å². The fraction of sp³-hybridized carbons (Fsp3) is 0.100. The molecule has 0 amide bonds. The van der Waals surface area contributed by atoms with Gasteiger partial charge in [0.2, 0.25) is 0 Å². The summed E-state index contributed by atoms with van der Waals surface area (Å²) in [5.74, 6) is -3.48. The predicted molar refractivity (Wildman–Crippen MR) is 55.0 cm³/mol. The van der Waals surface area contributed by atoms with Crippen molar-refractivity contribution in [2.24, 2.45) is 0 Å². The van der Waals surface area contributed by atoms with Crippen molar-refractivity contribution >= 4 is 23.8 Å². The van der Waals surface area contributed by atoms with E-state index in [-0.39, 0.29) is 0 Å². The van der Waals surface area contributed by atoms with E-state index >= 15 is 0 Å². The average molecular weight is 230 g/mol. The van der Waals surface area contributed by atoms with Gasteiger partial charge in [-0.05, 0) is 23.8 Å². The summed E-state index contributed by atoms with van der Waals surface area (Å²) in [5, 5.41) is 8.36. The normalized spacial score (nSPS) is 11.1. The summed E-state index contributed by atoms with van der Waals surface area (Å²) in [5.41, 5.74) is 0.663. The molecule has 5 heteroatoms. The predicted octanol–water partition coefficient (Wildman–Crippen LogP) is 3.10. The van der Waals surface area contributed by atoms with Crippen LogP contribution in [0.15, 0.2) is 35.2 Å². The molecule has 0 aromatic heterocycles. The van der Waals surface area contributed by atoms with Crippen molar-refractivity contribution in [3.05, 3.63) is 35.9 Å². The van der Waals surface area contributed by atoms with Crippen LogP contribution in [0.1, 0.15) is 5.56 Å². The highest BCUT2D eigenvalue weighted by atomic mass is 32.2. The highest BCUT2D eigenvalue weighted by Crippen LogP contribution is 2.25. The Hall–Kier alpha value is -1.36. The van der Waals surface area contributed by atoms with Gasteiger partial charge in [-0.3, -0.25) is 0 Å². The smallest absolute Gasteiger partial charge is 0.328 e. The molecule has 0 spiro atoms. The second kappa shape index (κ2) is 5.50. The van der Waals surface area contributed by atoms with Crippen molar-refractivity contribution < 1.29 is 18.7 Å². The fourth-order valence-electron chi connectivity index (χ4n) is 0.928. The lowest BCUT2D eigenvalue weighted by Crippen LogP contribution is -1.86. The van der Waals surface area contributed by atoms with Gasteiger partial charge in [-0.1, -0.05) is 23.9 Å². The number of hydrogen-bond donors (Lipinski definition) is 1. The number of carboxylic acids is 1. The molecule has 80 valence electrons. The Balaban J connectivity index is 2.68. The van der Waals surface area contributed by atoms with E-state index in [0.29, 0.717) is 22.2 Å². The molecule has 1 aromatic rings. The molecule has 0 fully saturated rings. The second-order valence-corrected chi connectivity index (χ2v) is 3.68. The Bertz CT molecular complexity index is 360. The van der Waals surface area contributed by atoms with Crippen LogP contribution < -0.4 is 0 Å². The molecule has 0 aliphatic carbocycles. The molecule has 0 bridgehead atoms. The molecule has 2 nitrogen and oxygen atoms in total. The van der Waals surface area contributed by atoms with Crippen molar-refractivity contribution in [2.75, 3.05) is 0 Å². The molecule has 0 saturated carbocycles. The first kappa shape index (κ1) is 11.7. The van der Waals surface area contributed by atoms with Crippen LogP contribution >= 0.6 is 11.8 Å². The zero-order valence-electron chi connectivity index (χ0n) is 7.56. The van der Waals surface area contributed by atoms with Gasteiger partial charge in [0.1, 0.15) is 0 Å².